The number of hydrogen-bond acceptors (Lipinski definition) is 10. The van der Waals surface area contributed by atoms with Gasteiger partial charge in [0.15, 0.2) is 0 Å². The molecule has 0 aliphatic carbocycles. The highest BCUT2D eigenvalue weighted by molar-refractivity contribution is 5.74. The minimum Gasteiger partial charge on any atom is -0.462 e. The SMILES string of the molecule is Cc1nnc(-c2ccc(-c3ccc(N4COCO[C@@H](COC(=O)[C@H](C)N)C4)cc3F)cn2)o1. The van der Waals surface area contributed by atoms with E-state index in [1.54, 1.807) is 44.3 Å². The van der Waals surface area contributed by atoms with Crippen molar-refractivity contribution >= 4 is 11.7 Å². The van der Waals surface area contributed by atoms with Gasteiger partial charge < -0.3 is 29.3 Å². The molecule has 0 amide bonds. The van der Waals surface area contributed by atoms with Crippen molar-refractivity contribution in [2.24, 2.45) is 5.73 Å². The van der Waals surface area contributed by atoms with Crippen LogP contribution in [0.2, 0.25) is 0 Å². The number of halogens is 1. The van der Waals surface area contributed by atoms with Gasteiger partial charge in [0.25, 0.3) is 5.89 Å². The van der Waals surface area contributed by atoms with Crippen LogP contribution in [0, 0.1) is 12.7 Å². The summed E-state index contributed by atoms with van der Waals surface area (Å²) in [4.78, 5) is 17.7. The first-order valence-electron chi connectivity index (χ1n) is 10.3. The van der Waals surface area contributed by atoms with Crippen molar-refractivity contribution in [1.29, 1.82) is 0 Å². The number of carbonyl (C=O) groups is 1. The topological polar surface area (TPSA) is 126 Å². The second-order valence-electron chi connectivity index (χ2n) is 7.60. The Morgan fingerprint density at radius 3 is 2.85 bits per heavy atom. The van der Waals surface area contributed by atoms with Crippen LogP contribution >= 0.6 is 0 Å². The lowest BCUT2D eigenvalue weighted by Gasteiger charge is -2.25. The lowest BCUT2D eigenvalue weighted by molar-refractivity contribution is -0.151. The molecule has 0 radical (unpaired) electrons. The van der Waals surface area contributed by atoms with E-state index in [-0.39, 0.29) is 20.1 Å². The van der Waals surface area contributed by atoms with Gasteiger partial charge in [0.05, 0.1) is 0 Å². The second kappa shape index (κ2) is 10.0. The van der Waals surface area contributed by atoms with Crippen LogP contribution in [0.3, 0.4) is 0 Å². The Hall–Kier alpha value is -3.41. The van der Waals surface area contributed by atoms with Gasteiger partial charge in [-0.15, -0.1) is 10.2 Å². The van der Waals surface area contributed by atoms with E-state index in [0.717, 1.165) is 0 Å². The van der Waals surface area contributed by atoms with Gasteiger partial charge in [0.1, 0.15) is 43.8 Å². The Bertz CT molecular complexity index is 1100. The second-order valence-corrected chi connectivity index (χ2v) is 7.60. The number of rotatable bonds is 6. The number of ether oxygens (including phenoxy) is 3. The van der Waals surface area contributed by atoms with E-state index in [1.165, 1.54) is 6.07 Å². The summed E-state index contributed by atoms with van der Waals surface area (Å²) in [6.45, 7) is 3.86. The van der Waals surface area contributed by atoms with Crippen molar-refractivity contribution in [2.75, 3.05) is 31.6 Å². The highest BCUT2D eigenvalue weighted by Crippen LogP contribution is 2.28. The average molecular weight is 457 g/mol. The van der Waals surface area contributed by atoms with E-state index in [0.29, 0.717) is 40.8 Å². The number of carbonyl (C=O) groups excluding carboxylic acids is 1. The third-order valence-corrected chi connectivity index (χ3v) is 4.98. The number of nitrogens with two attached hydrogens (primary N) is 1. The van der Waals surface area contributed by atoms with Crippen LogP contribution in [0.1, 0.15) is 12.8 Å². The summed E-state index contributed by atoms with van der Waals surface area (Å²) in [5, 5.41) is 7.71. The molecule has 1 aromatic carbocycles. The fourth-order valence-corrected chi connectivity index (χ4v) is 3.24. The van der Waals surface area contributed by atoms with Crippen molar-refractivity contribution in [2.45, 2.75) is 26.0 Å². The van der Waals surface area contributed by atoms with Crippen molar-refractivity contribution in [3.8, 4) is 22.7 Å². The minimum absolute atomic E-state index is 0.0262. The van der Waals surface area contributed by atoms with Crippen molar-refractivity contribution in [3.63, 3.8) is 0 Å². The maximum Gasteiger partial charge on any atom is 0.322 e. The van der Waals surface area contributed by atoms with Crippen molar-refractivity contribution in [3.05, 3.63) is 48.2 Å². The number of benzene rings is 1. The maximum atomic E-state index is 15.0. The molecule has 2 aromatic heterocycles. The third kappa shape index (κ3) is 5.51. The number of aromatic nitrogens is 3. The molecular weight excluding hydrogens is 433 g/mol. The molecule has 1 aliphatic rings. The van der Waals surface area contributed by atoms with Gasteiger partial charge in [-0.3, -0.25) is 9.78 Å². The third-order valence-electron chi connectivity index (χ3n) is 4.98. The summed E-state index contributed by atoms with van der Waals surface area (Å²) in [5.74, 6) is -0.186. The Morgan fingerprint density at radius 1 is 1.33 bits per heavy atom. The van der Waals surface area contributed by atoms with Gasteiger partial charge in [-0.2, -0.15) is 0 Å². The molecule has 33 heavy (non-hydrogen) atoms. The van der Waals surface area contributed by atoms with Gasteiger partial charge in [-0.05, 0) is 31.2 Å². The standard InChI is InChI=1S/C22H24FN5O5/c1-13(24)22(29)31-10-17-9-28(11-30-12-32-17)16-4-5-18(19(23)7-16)15-3-6-20(25-8-15)21-27-26-14(2)33-21/h3-8,13,17H,9-12,24H2,1-2H3/t13-,17+/m0/s1. The Morgan fingerprint density at radius 2 is 2.18 bits per heavy atom. The molecule has 2 atom stereocenters. The van der Waals surface area contributed by atoms with Crippen molar-refractivity contribution < 1.29 is 27.8 Å². The molecule has 0 spiro atoms. The molecule has 1 aliphatic heterocycles. The molecule has 4 rings (SSSR count). The first-order chi connectivity index (χ1) is 15.9. The highest BCUT2D eigenvalue weighted by atomic mass is 19.1. The number of hydrogen-bond donors (Lipinski definition) is 1. The smallest absolute Gasteiger partial charge is 0.322 e. The molecule has 3 heterocycles. The summed E-state index contributed by atoms with van der Waals surface area (Å²) in [5.41, 5.74) is 7.63. The van der Waals surface area contributed by atoms with Gasteiger partial charge >= 0.3 is 5.97 Å². The van der Waals surface area contributed by atoms with Gasteiger partial charge in [-0.1, -0.05) is 6.07 Å². The highest BCUT2D eigenvalue weighted by Gasteiger charge is 2.23. The quantitative estimate of drug-likeness (QED) is 0.551. The summed E-state index contributed by atoms with van der Waals surface area (Å²) in [6.07, 6.45) is 1.11. The molecule has 174 valence electrons. The van der Waals surface area contributed by atoms with Gasteiger partial charge in [0.2, 0.25) is 5.89 Å². The molecule has 0 saturated carbocycles. The van der Waals surface area contributed by atoms with Crippen molar-refractivity contribution in [1.82, 2.24) is 15.2 Å². The zero-order valence-electron chi connectivity index (χ0n) is 18.2. The average Bonchev–Trinajstić information content (AvgIpc) is 3.10. The molecular formula is C22H24FN5O5. The van der Waals surface area contributed by atoms with Crippen LogP contribution in [0.4, 0.5) is 10.1 Å². The molecule has 0 bridgehead atoms. The molecule has 2 N–H and O–H groups in total. The summed E-state index contributed by atoms with van der Waals surface area (Å²) in [6, 6.07) is 7.60. The van der Waals surface area contributed by atoms with Gasteiger partial charge in [-0.25, -0.2) is 4.39 Å². The molecule has 0 unspecified atom stereocenters. The minimum atomic E-state index is -0.718. The predicted octanol–water partition coefficient (Wildman–Crippen LogP) is 2.27. The lowest BCUT2D eigenvalue weighted by Crippen LogP contribution is -2.37. The Labute approximate surface area is 189 Å². The molecule has 1 fully saturated rings. The van der Waals surface area contributed by atoms with Crippen LogP contribution in [-0.2, 0) is 19.0 Å². The molecule has 3 aromatic rings. The number of nitrogens with zero attached hydrogens (tertiary/aromatic N) is 4. The molecule has 11 heteroatoms. The van der Waals surface area contributed by atoms with E-state index >= 15 is 4.39 Å². The number of esters is 1. The maximum absolute atomic E-state index is 15.0. The zero-order valence-corrected chi connectivity index (χ0v) is 18.2. The van der Waals surface area contributed by atoms with E-state index in [9.17, 15) is 4.79 Å². The van der Waals surface area contributed by atoms with E-state index < -0.39 is 23.9 Å². The van der Waals surface area contributed by atoms with Crippen LogP contribution in [0.5, 0.6) is 0 Å². The lowest BCUT2D eigenvalue weighted by atomic mass is 10.1. The fourth-order valence-electron chi connectivity index (χ4n) is 3.24. The van der Waals surface area contributed by atoms with E-state index in [4.69, 9.17) is 24.4 Å². The first kappa shape index (κ1) is 22.8. The van der Waals surface area contributed by atoms with Crippen LogP contribution < -0.4 is 10.6 Å². The van der Waals surface area contributed by atoms with E-state index in [1.807, 2.05) is 4.90 Å². The first-order valence-corrected chi connectivity index (χ1v) is 10.3. The number of aryl methyl sites for hydroxylation is 1. The monoisotopic (exact) mass is 457 g/mol. The molecule has 1 saturated heterocycles. The van der Waals surface area contributed by atoms with Crippen LogP contribution in [0.15, 0.2) is 40.9 Å². The van der Waals surface area contributed by atoms with E-state index in [2.05, 4.69) is 15.2 Å². The summed E-state index contributed by atoms with van der Waals surface area (Å²) >= 11 is 0. The van der Waals surface area contributed by atoms with Crippen LogP contribution in [-0.4, -0.2) is 60.0 Å². The largest absolute Gasteiger partial charge is 0.462 e. The Balaban J connectivity index is 1.46. The number of anilines is 1. The summed E-state index contributed by atoms with van der Waals surface area (Å²) < 4.78 is 36.5. The zero-order chi connectivity index (χ0) is 23.4. The normalized spacial score (nSPS) is 17.5. The number of pyridine rings is 1. The molecule has 10 nitrogen and oxygen atoms in total. The van der Waals surface area contributed by atoms with Crippen LogP contribution in [0.25, 0.3) is 22.7 Å². The Kier molecular flexibility index (Phi) is 6.92. The summed E-state index contributed by atoms with van der Waals surface area (Å²) in [7, 11) is 0. The predicted molar refractivity (Wildman–Crippen MR) is 115 cm³/mol. The van der Waals surface area contributed by atoms with Gasteiger partial charge in [0, 0.05) is 36.5 Å². The fraction of sp³-hybridized carbons (Fsp3) is 0.364.